The number of ether oxygens (including phenoxy) is 3. The van der Waals surface area contributed by atoms with Crippen molar-refractivity contribution in [2.24, 2.45) is 5.73 Å². The standard InChI is InChI=1S/C12H17NO4/c1-7(13)11(14)8-5-9(15-2)12(17-4)10(6-8)16-3/h5-7H,13H2,1-4H3. The van der Waals surface area contributed by atoms with Crippen LogP contribution in [0, 0.1) is 0 Å². The number of nitrogens with two attached hydrogens (primary N) is 1. The summed E-state index contributed by atoms with van der Waals surface area (Å²) in [6.07, 6.45) is 0. The van der Waals surface area contributed by atoms with Crippen LogP contribution in [0.25, 0.3) is 0 Å². The van der Waals surface area contributed by atoms with Crippen LogP contribution in [0.15, 0.2) is 12.1 Å². The Morgan fingerprint density at radius 1 is 1.12 bits per heavy atom. The SMILES string of the molecule is COc1cc(C(=O)C(C)N)cc(OC)c1OC. The fourth-order valence-corrected chi connectivity index (χ4v) is 1.49. The van der Waals surface area contributed by atoms with Gasteiger partial charge in [0, 0.05) is 5.56 Å². The fraction of sp³-hybridized carbons (Fsp3) is 0.417. The molecular weight excluding hydrogens is 222 g/mol. The van der Waals surface area contributed by atoms with E-state index in [0.717, 1.165) is 0 Å². The summed E-state index contributed by atoms with van der Waals surface area (Å²) < 4.78 is 15.5. The van der Waals surface area contributed by atoms with Gasteiger partial charge in [-0.1, -0.05) is 0 Å². The molecule has 1 aromatic rings. The van der Waals surface area contributed by atoms with Crippen molar-refractivity contribution in [1.82, 2.24) is 0 Å². The molecule has 0 aliphatic heterocycles. The van der Waals surface area contributed by atoms with E-state index in [9.17, 15) is 4.79 Å². The Bertz CT molecular complexity index is 390. The van der Waals surface area contributed by atoms with Gasteiger partial charge in [-0.3, -0.25) is 4.79 Å². The molecule has 0 aromatic heterocycles. The van der Waals surface area contributed by atoms with E-state index in [0.29, 0.717) is 22.8 Å². The summed E-state index contributed by atoms with van der Waals surface area (Å²) in [5.74, 6) is 1.16. The molecule has 0 saturated carbocycles. The second-order valence-electron chi connectivity index (χ2n) is 3.57. The van der Waals surface area contributed by atoms with Gasteiger partial charge in [-0.25, -0.2) is 0 Å². The molecule has 1 atom stereocenters. The fourth-order valence-electron chi connectivity index (χ4n) is 1.49. The number of benzene rings is 1. The van der Waals surface area contributed by atoms with Crippen molar-refractivity contribution >= 4 is 5.78 Å². The van der Waals surface area contributed by atoms with Gasteiger partial charge in [0.15, 0.2) is 17.3 Å². The van der Waals surface area contributed by atoms with E-state index in [4.69, 9.17) is 19.9 Å². The van der Waals surface area contributed by atoms with Crippen LogP contribution in [-0.2, 0) is 0 Å². The lowest BCUT2D eigenvalue weighted by Gasteiger charge is -2.14. The van der Waals surface area contributed by atoms with Gasteiger partial charge in [0.2, 0.25) is 5.75 Å². The Hall–Kier alpha value is -1.75. The van der Waals surface area contributed by atoms with E-state index in [1.165, 1.54) is 21.3 Å². The van der Waals surface area contributed by atoms with Gasteiger partial charge in [0.25, 0.3) is 0 Å². The predicted octanol–water partition coefficient (Wildman–Crippen LogP) is 1.24. The van der Waals surface area contributed by atoms with Gasteiger partial charge in [-0.2, -0.15) is 0 Å². The van der Waals surface area contributed by atoms with Gasteiger partial charge < -0.3 is 19.9 Å². The second-order valence-corrected chi connectivity index (χ2v) is 3.57. The number of Topliss-reactive ketones (excluding diaryl/α,β-unsaturated/α-hetero) is 1. The highest BCUT2D eigenvalue weighted by Gasteiger charge is 2.18. The number of carbonyl (C=O) groups excluding carboxylic acids is 1. The van der Waals surface area contributed by atoms with Crippen LogP contribution in [0.1, 0.15) is 17.3 Å². The summed E-state index contributed by atoms with van der Waals surface area (Å²) in [6, 6.07) is 2.61. The minimum Gasteiger partial charge on any atom is -0.493 e. The van der Waals surface area contributed by atoms with E-state index in [1.807, 2.05) is 0 Å². The normalized spacial score (nSPS) is 11.8. The van der Waals surface area contributed by atoms with Gasteiger partial charge >= 0.3 is 0 Å². The van der Waals surface area contributed by atoms with Crippen LogP contribution in [0.2, 0.25) is 0 Å². The van der Waals surface area contributed by atoms with E-state index in [2.05, 4.69) is 0 Å². The van der Waals surface area contributed by atoms with E-state index < -0.39 is 6.04 Å². The third kappa shape index (κ3) is 2.68. The molecule has 0 aliphatic carbocycles. The first kappa shape index (κ1) is 13.3. The van der Waals surface area contributed by atoms with Crippen LogP contribution >= 0.6 is 0 Å². The molecule has 1 rings (SSSR count). The summed E-state index contributed by atoms with van der Waals surface area (Å²) in [5, 5.41) is 0. The van der Waals surface area contributed by atoms with E-state index >= 15 is 0 Å². The maximum Gasteiger partial charge on any atom is 0.203 e. The summed E-state index contributed by atoms with van der Waals surface area (Å²) in [4.78, 5) is 11.8. The van der Waals surface area contributed by atoms with Gasteiger partial charge in [-0.15, -0.1) is 0 Å². The van der Waals surface area contributed by atoms with Crippen molar-refractivity contribution in [3.05, 3.63) is 17.7 Å². The monoisotopic (exact) mass is 239 g/mol. The molecule has 0 radical (unpaired) electrons. The Labute approximate surface area is 100 Å². The van der Waals surface area contributed by atoms with Crippen molar-refractivity contribution in [2.45, 2.75) is 13.0 Å². The third-order valence-corrected chi connectivity index (χ3v) is 2.36. The quantitative estimate of drug-likeness (QED) is 0.783. The van der Waals surface area contributed by atoms with Crippen molar-refractivity contribution in [3.8, 4) is 17.2 Å². The number of ketones is 1. The van der Waals surface area contributed by atoms with Crippen molar-refractivity contribution in [1.29, 1.82) is 0 Å². The molecule has 0 bridgehead atoms. The van der Waals surface area contributed by atoms with Gasteiger partial charge in [-0.05, 0) is 19.1 Å². The highest BCUT2D eigenvalue weighted by atomic mass is 16.5. The molecule has 94 valence electrons. The maximum absolute atomic E-state index is 11.8. The smallest absolute Gasteiger partial charge is 0.203 e. The lowest BCUT2D eigenvalue weighted by molar-refractivity contribution is 0.0967. The first-order chi connectivity index (χ1) is 8.04. The lowest BCUT2D eigenvalue weighted by atomic mass is 10.0. The highest BCUT2D eigenvalue weighted by Crippen LogP contribution is 2.38. The summed E-state index contributed by atoms with van der Waals surface area (Å²) >= 11 is 0. The topological polar surface area (TPSA) is 70.8 Å². The van der Waals surface area contributed by atoms with Gasteiger partial charge in [0.05, 0.1) is 27.4 Å². The Kier molecular flexibility index (Phi) is 4.34. The molecule has 0 fully saturated rings. The molecule has 1 unspecified atom stereocenters. The molecule has 0 amide bonds. The van der Waals surface area contributed by atoms with Crippen LogP contribution < -0.4 is 19.9 Å². The van der Waals surface area contributed by atoms with Crippen LogP contribution in [0.3, 0.4) is 0 Å². The molecule has 0 saturated heterocycles. The molecule has 17 heavy (non-hydrogen) atoms. The molecule has 2 N–H and O–H groups in total. The van der Waals surface area contributed by atoms with Crippen molar-refractivity contribution < 1.29 is 19.0 Å². The average molecular weight is 239 g/mol. The van der Waals surface area contributed by atoms with E-state index in [-0.39, 0.29) is 5.78 Å². The molecule has 1 aromatic carbocycles. The van der Waals surface area contributed by atoms with Crippen LogP contribution in [0.4, 0.5) is 0 Å². The number of rotatable bonds is 5. The molecule has 0 aliphatic rings. The lowest BCUT2D eigenvalue weighted by Crippen LogP contribution is -2.26. The minimum absolute atomic E-state index is 0.177. The number of methoxy groups -OCH3 is 3. The summed E-state index contributed by atoms with van der Waals surface area (Å²) in [6.45, 7) is 1.63. The Morgan fingerprint density at radius 3 is 1.88 bits per heavy atom. The second kappa shape index (κ2) is 5.54. The van der Waals surface area contributed by atoms with Gasteiger partial charge in [0.1, 0.15) is 0 Å². The Balaban J connectivity index is 3.32. The minimum atomic E-state index is -0.571. The average Bonchev–Trinajstić information content (AvgIpc) is 2.35. The Morgan fingerprint density at radius 2 is 1.59 bits per heavy atom. The zero-order chi connectivity index (χ0) is 13.0. The molecule has 0 heterocycles. The predicted molar refractivity (Wildman–Crippen MR) is 64.1 cm³/mol. The highest BCUT2D eigenvalue weighted by molar-refractivity contribution is 6.00. The zero-order valence-electron chi connectivity index (χ0n) is 10.4. The van der Waals surface area contributed by atoms with Crippen molar-refractivity contribution in [3.63, 3.8) is 0 Å². The number of hydrogen-bond donors (Lipinski definition) is 1. The van der Waals surface area contributed by atoms with Crippen molar-refractivity contribution in [2.75, 3.05) is 21.3 Å². The molecular formula is C12H17NO4. The summed E-state index contributed by atoms with van der Waals surface area (Å²) in [5.41, 5.74) is 6.00. The maximum atomic E-state index is 11.8. The summed E-state index contributed by atoms with van der Waals surface area (Å²) in [7, 11) is 4.50. The largest absolute Gasteiger partial charge is 0.493 e. The van der Waals surface area contributed by atoms with E-state index in [1.54, 1.807) is 19.1 Å². The van der Waals surface area contributed by atoms with Crippen LogP contribution in [0.5, 0.6) is 17.2 Å². The molecule has 5 nitrogen and oxygen atoms in total. The molecule has 5 heteroatoms. The van der Waals surface area contributed by atoms with Crippen LogP contribution in [-0.4, -0.2) is 33.2 Å². The number of carbonyl (C=O) groups is 1. The zero-order valence-corrected chi connectivity index (χ0v) is 10.4. The number of hydrogen-bond acceptors (Lipinski definition) is 5. The third-order valence-electron chi connectivity index (χ3n) is 2.36. The first-order valence-corrected chi connectivity index (χ1v) is 5.15. The first-order valence-electron chi connectivity index (χ1n) is 5.15. The molecule has 0 spiro atoms.